The van der Waals surface area contributed by atoms with Gasteiger partial charge in [0.25, 0.3) is 0 Å². The number of carbonyl (C=O) groups is 2. The van der Waals surface area contributed by atoms with E-state index in [1.165, 1.54) is 0 Å². The minimum atomic E-state index is 0.0528. The maximum atomic E-state index is 11.9. The third-order valence-electron chi connectivity index (χ3n) is 5.35. The first-order valence-corrected chi connectivity index (χ1v) is 13.0. The summed E-state index contributed by atoms with van der Waals surface area (Å²) in [7, 11) is 0. The topological polar surface area (TPSA) is 61.8 Å². The summed E-state index contributed by atoms with van der Waals surface area (Å²) < 4.78 is 16.8. The van der Waals surface area contributed by atoms with Crippen LogP contribution in [0, 0.1) is 11.8 Å². The lowest BCUT2D eigenvalue weighted by Gasteiger charge is -2.19. The van der Waals surface area contributed by atoms with Gasteiger partial charge >= 0.3 is 0 Å². The number of rotatable bonds is 22. The van der Waals surface area contributed by atoms with E-state index in [0.717, 1.165) is 25.7 Å². The van der Waals surface area contributed by atoms with Crippen LogP contribution in [-0.2, 0) is 23.8 Å². The van der Waals surface area contributed by atoms with Gasteiger partial charge in [-0.3, -0.25) is 9.59 Å². The van der Waals surface area contributed by atoms with E-state index in [2.05, 4.69) is 53.0 Å². The lowest BCUT2D eigenvalue weighted by atomic mass is 9.98. The summed E-state index contributed by atoms with van der Waals surface area (Å²) in [5.41, 5.74) is 0. The Morgan fingerprint density at radius 1 is 0.677 bits per heavy atom. The third-order valence-corrected chi connectivity index (χ3v) is 6.67. The van der Waals surface area contributed by atoms with Crippen LogP contribution in [0.3, 0.4) is 0 Å². The molecule has 0 fully saturated rings. The van der Waals surface area contributed by atoms with Crippen molar-refractivity contribution in [3.05, 3.63) is 0 Å². The highest BCUT2D eigenvalue weighted by Crippen LogP contribution is 2.17. The van der Waals surface area contributed by atoms with E-state index in [0.29, 0.717) is 76.9 Å². The number of ether oxygens (including phenoxy) is 3. The number of ketones is 2. The minimum Gasteiger partial charge on any atom is -0.378 e. The molecule has 5 nitrogen and oxygen atoms in total. The van der Waals surface area contributed by atoms with Crippen molar-refractivity contribution in [2.45, 2.75) is 89.6 Å². The second-order valence-corrected chi connectivity index (χ2v) is 9.87. The molecule has 0 aromatic rings. The molecule has 0 bridgehead atoms. The van der Waals surface area contributed by atoms with Crippen LogP contribution in [0.1, 0.15) is 79.1 Å². The van der Waals surface area contributed by atoms with E-state index < -0.39 is 0 Å². The molecule has 0 aliphatic carbocycles. The highest BCUT2D eigenvalue weighted by Gasteiger charge is 2.18. The SMILES string of the molecule is CCCCC(=O)CC(C)C(S)COCCOCCOCC(S)C(C)CC(=O)CCCC. The first kappa shape index (κ1) is 30.9. The van der Waals surface area contributed by atoms with Gasteiger partial charge < -0.3 is 14.2 Å². The fraction of sp³-hybridized carbons (Fsp3) is 0.917. The molecule has 0 saturated carbocycles. The Kier molecular flexibility index (Phi) is 20.5. The van der Waals surface area contributed by atoms with Crippen molar-refractivity contribution in [3.8, 4) is 0 Å². The molecule has 0 spiro atoms. The molecule has 0 aliphatic heterocycles. The number of carbonyl (C=O) groups excluding carboxylic acids is 2. The molecular weight excluding hydrogens is 432 g/mol. The van der Waals surface area contributed by atoms with Crippen molar-refractivity contribution < 1.29 is 23.8 Å². The Morgan fingerprint density at radius 3 is 1.39 bits per heavy atom. The maximum absolute atomic E-state index is 11.9. The fourth-order valence-electron chi connectivity index (χ4n) is 3.02. The zero-order chi connectivity index (χ0) is 23.5. The van der Waals surface area contributed by atoms with Crippen molar-refractivity contribution in [3.63, 3.8) is 0 Å². The molecule has 0 N–H and O–H groups in total. The first-order chi connectivity index (χ1) is 14.8. The lowest BCUT2D eigenvalue weighted by molar-refractivity contribution is -0.120. The number of thiol groups is 2. The zero-order valence-electron chi connectivity index (χ0n) is 20.1. The summed E-state index contributed by atoms with van der Waals surface area (Å²) >= 11 is 9.14. The van der Waals surface area contributed by atoms with Gasteiger partial charge in [-0.05, 0) is 24.7 Å². The van der Waals surface area contributed by atoms with E-state index in [1.807, 2.05) is 0 Å². The Balaban J connectivity index is 3.64. The van der Waals surface area contributed by atoms with Crippen molar-refractivity contribution >= 4 is 36.8 Å². The van der Waals surface area contributed by atoms with Crippen LogP contribution in [0.2, 0.25) is 0 Å². The summed E-state index contributed by atoms with van der Waals surface area (Å²) in [5.74, 6) is 1.05. The molecule has 4 atom stereocenters. The van der Waals surface area contributed by atoms with Gasteiger partial charge in [-0.2, -0.15) is 25.3 Å². The Bertz CT molecular complexity index is 421. The van der Waals surface area contributed by atoms with Gasteiger partial charge in [-0.15, -0.1) is 0 Å². The van der Waals surface area contributed by atoms with Gasteiger partial charge in [0.1, 0.15) is 11.6 Å². The van der Waals surface area contributed by atoms with E-state index >= 15 is 0 Å². The van der Waals surface area contributed by atoms with Gasteiger partial charge in [-0.25, -0.2) is 0 Å². The van der Waals surface area contributed by atoms with Crippen LogP contribution in [0.5, 0.6) is 0 Å². The molecule has 0 heterocycles. The second-order valence-electron chi connectivity index (χ2n) is 8.54. The molecule has 0 radical (unpaired) electrons. The van der Waals surface area contributed by atoms with Crippen LogP contribution in [0.15, 0.2) is 0 Å². The smallest absolute Gasteiger partial charge is 0.133 e. The standard InChI is InChI=1S/C24H46O5S2/c1-5-7-9-21(25)15-19(3)23(30)17-28-13-11-27-12-14-29-18-24(31)20(4)16-22(26)10-8-6-2/h19-20,23-24,30-31H,5-18H2,1-4H3. The lowest BCUT2D eigenvalue weighted by Crippen LogP contribution is -2.23. The van der Waals surface area contributed by atoms with E-state index in [-0.39, 0.29) is 22.3 Å². The number of hydrogen-bond acceptors (Lipinski definition) is 7. The number of hydrogen-bond donors (Lipinski definition) is 2. The van der Waals surface area contributed by atoms with Crippen molar-refractivity contribution in [1.29, 1.82) is 0 Å². The average molecular weight is 479 g/mol. The molecule has 4 unspecified atom stereocenters. The van der Waals surface area contributed by atoms with E-state index in [1.54, 1.807) is 0 Å². The summed E-state index contributed by atoms with van der Waals surface area (Å²) in [6.07, 6.45) is 6.51. The molecule has 0 amide bonds. The molecule has 0 aliphatic rings. The van der Waals surface area contributed by atoms with Gasteiger partial charge in [0, 0.05) is 36.2 Å². The van der Waals surface area contributed by atoms with Crippen LogP contribution in [-0.4, -0.2) is 61.7 Å². The molecule has 0 saturated heterocycles. The summed E-state index contributed by atoms with van der Waals surface area (Å²) in [6, 6.07) is 0. The van der Waals surface area contributed by atoms with Crippen LogP contribution in [0.25, 0.3) is 0 Å². The second kappa shape index (κ2) is 20.5. The van der Waals surface area contributed by atoms with Crippen LogP contribution >= 0.6 is 25.3 Å². The monoisotopic (exact) mass is 478 g/mol. The molecule has 7 heteroatoms. The summed E-state index contributed by atoms with van der Waals surface area (Å²) in [4.78, 5) is 23.7. The molecule has 184 valence electrons. The molecule has 0 aromatic heterocycles. The van der Waals surface area contributed by atoms with Gasteiger partial charge in [0.2, 0.25) is 0 Å². The van der Waals surface area contributed by atoms with E-state index in [9.17, 15) is 9.59 Å². The van der Waals surface area contributed by atoms with Gasteiger partial charge in [0.05, 0.1) is 39.6 Å². The quantitative estimate of drug-likeness (QED) is 0.165. The zero-order valence-corrected chi connectivity index (χ0v) is 21.9. The van der Waals surface area contributed by atoms with Crippen molar-refractivity contribution in [2.24, 2.45) is 11.8 Å². The largest absolute Gasteiger partial charge is 0.378 e. The molecular formula is C24H46O5S2. The predicted molar refractivity (Wildman–Crippen MR) is 135 cm³/mol. The van der Waals surface area contributed by atoms with Crippen LogP contribution < -0.4 is 0 Å². The third kappa shape index (κ3) is 18.1. The number of unbranched alkanes of at least 4 members (excludes halogenated alkanes) is 2. The highest BCUT2D eigenvalue weighted by atomic mass is 32.1. The van der Waals surface area contributed by atoms with Gasteiger partial charge in [-0.1, -0.05) is 40.5 Å². The minimum absolute atomic E-state index is 0.0528. The Labute approximate surface area is 201 Å². The first-order valence-electron chi connectivity index (χ1n) is 11.9. The average Bonchev–Trinajstić information content (AvgIpc) is 2.74. The predicted octanol–water partition coefficient (Wildman–Crippen LogP) is 5.20. The van der Waals surface area contributed by atoms with Crippen molar-refractivity contribution in [1.82, 2.24) is 0 Å². The maximum Gasteiger partial charge on any atom is 0.133 e. The Hall–Kier alpha value is -0.0800. The van der Waals surface area contributed by atoms with Crippen LogP contribution in [0.4, 0.5) is 0 Å². The summed E-state index contributed by atoms with van der Waals surface area (Å²) in [6.45, 7) is 11.3. The van der Waals surface area contributed by atoms with Gasteiger partial charge in [0.15, 0.2) is 0 Å². The molecule has 0 rings (SSSR count). The molecule has 31 heavy (non-hydrogen) atoms. The normalized spacial score (nSPS) is 15.4. The Morgan fingerprint density at radius 2 is 1.03 bits per heavy atom. The molecule has 0 aromatic carbocycles. The highest BCUT2D eigenvalue weighted by molar-refractivity contribution is 7.81. The number of Topliss-reactive ketones (excluding diaryl/α,β-unsaturated/α-hetero) is 2. The fourth-order valence-corrected chi connectivity index (χ4v) is 3.44. The van der Waals surface area contributed by atoms with Crippen molar-refractivity contribution in [2.75, 3.05) is 39.6 Å². The van der Waals surface area contributed by atoms with E-state index in [4.69, 9.17) is 14.2 Å². The summed E-state index contributed by atoms with van der Waals surface area (Å²) in [5, 5.41) is 0.106.